The summed E-state index contributed by atoms with van der Waals surface area (Å²) >= 11 is 7.31. The van der Waals surface area contributed by atoms with Crippen molar-refractivity contribution in [2.24, 2.45) is 0 Å². The van der Waals surface area contributed by atoms with Gasteiger partial charge < -0.3 is 29.9 Å². The Morgan fingerprint density at radius 2 is 1.72 bits per heavy atom. The van der Waals surface area contributed by atoms with Gasteiger partial charge in [-0.1, -0.05) is 43.5 Å². The van der Waals surface area contributed by atoms with Crippen molar-refractivity contribution in [3.8, 4) is 11.5 Å². The van der Waals surface area contributed by atoms with Crippen LogP contribution in [0.4, 0.5) is 0 Å². The van der Waals surface area contributed by atoms with Gasteiger partial charge in [0.05, 0.1) is 24.6 Å². The summed E-state index contributed by atoms with van der Waals surface area (Å²) in [5, 5.41) is 39.9. The van der Waals surface area contributed by atoms with Crippen molar-refractivity contribution < 1.29 is 29.9 Å². The fourth-order valence-electron chi connectivity index (χ4n) is 3.56. The number of rotatable bonds is 10. The first-order valence-corrected chi connectivity index (χ1v) is 12.2. The molecule has 2 aromatic rings. The molecule has 1 fully saturated rings. The van der Waals surface area contributed by atoms with Crippen LogP contribution in [0, 0.1) is 0 Å². The van der Waals surface area contributed by atoms with Crippen LogP contribution in [0.25, 0.3) is 0 Å². The molecule has 0 aromatic heterocycles. The lowest BCUT2D eigenvalue weighted by Crippen LogP contribution is -2.55. The molecular formula is C24H31ClO6S. The lowest BCUT2D eigenvalue weighted by atomic mass is 10.0. The van der Waals surface area contributed by atoms with E-state index in [2.05, 4.69) is 6.92 Å². The fourth-order valence-corrected chi connectivity index (χ4v) is 4.99. The molecule has 0 radical (unpaired) electrons. The Bertz CT molecular complexity index is 847. The Labute approximate surface area is 198 Å². The molecule has 8 heteroatoms. The average molecular weight is 483 g/mol. The Morgan fingerprint density at radius 1 is 0.969 bits per heavy atom. The number of unbranched alkanes of at least 4 members (excludes halogenated alkanes) is 2. The highest BCUT2D eigenvalue weighted by Gasteiger charge is 2.44. The minimum atomic E-state index is -1.40. The molecule has 3 rings (SSSR count). The van der Waals surface area contributed by atoms with E-state index in [9.17, 15) is 20.4 Å². The maximum atomic E-state index is 10.4. The van der Waals surface area contributed by atoms with Gasteiger partial charge in [0.1, 0.15) is 23.7 Å². The van der Waals surface area contributed by atoms with Crippen molar-refractivity contribution in [3.63, 3.8) is 0 Å². The third-order valence-corrected chi connectivity index (χ3v) is 7.10. The zero-order valence-electron chi connectivity index (χ0n) is 18.1. The molecule has 176 valence electrons. The molecule has 1 heterocycles. The summed E-state index contributed by atoms with van der Waals surface area (Å²) in [6.45, 7) is 2.53. The molecule has 1 aliphatic heterocycles. The van der Waals surface area contributed by atoms with E-state index < -0.39 is 29.0 Å². The van der Waals surface area contributed by atoms with Gasteiger partial charge in [-0.05, 0) is 42.3 Å². The van der Waals surface area contributed by atoms with Crippen LogP contribution in [-0.2, 0) is 6.42 Å². The van der Waals surface area contributed by atoms with Crippen molar-refractivity contribution in [1.82, 2.24) is 0 Å². The summed E-state index contributed by atoms with van der Waals surface area (Å²) in [6, 6.07) is 13.1. The molecule has 4 N–H and O–H groups in total. The van der Waals surface area contributed by atoms with E-state index in [1.165, 1.54) is 0 Å². The van der Waals surface area contributed by atoms with Crippen molar-refractivity contribution in [2.75, 3.05) is 13.2 Å². The van der Waals surface area contributed by atoms with Crippen LogP contribution in [0.15, 0.2) is 42.5 Å². The summed E-state index contributed by atoms with van der Waals surface area (Å²) in [4.78, 5) is 0. The zero-order valence-corrected chi connectivity index (χ0v) is 19.6. The van der Waals surface area contributed by atoms with Gasteiger partial charge in [0.2, 0.25) is 0 Å². The second kappa shape index (κ2) is 12.1. The van der Waals surface area contributed by atoms with E-state index in [1.54, 1.807) is 18.2 Å². The molecule has 1 saturated heterocycles. The Morgan fingerprint density at radius 3 is 2.41 bits per heavy atom. The van der Waals surface area contributed by atoms with Crippen molar-refractivity contribution in [1.29, 1.82) is 0 Å². The van der Waals surface area contributed by atoms with Gasteiger partial charge in [-0.25, -0.2) is 0 Å². The van der Waals surface area contributed by atoms with E-state index in [0.29, 0.717) is 23.8 Å². The van der Waals surface area contributed by atoms with Gasteiger partial charge in [0, 0.05) is 17.0 Å². The zero-order chi connectivity index (χ0) is 23.1. The van der Waals surface area contributed by atoms with Crippen LogP contribution in [0.3, 0.4) is 0 Å². The number of benzene rings is 2. The predicted octanol–water partition coefficient (Wildman–Crippen LogP) is 3.40. The normalized spacial score (nSPS) is 25.5. The number of thioether (sulfide) groups is 1. The van der Waals surface area contributed by atoms with Gasteiger partial charge in [0.15, 0.2) is 5.44 Å². The summed E-state index contributed by atoms with van der Waals surface area (Å²) in [6.07, 6.45) is -0.0397. The van der Waals surface area contributed by atoms with Gasteiger partial charge in [0.25, 0.3) is 0 Å². The molecule has 0 aliphatic carbocycles. The molecule has 5 unspecified atom stereocenters. The minimum Gasteiger partial charge on any atom is -0.494 e. The molecule has 1 aliphatic rings. The molecule has 32 heavy (non-hydrogen) atoms. The number of ether oxygens (including phenoxy) is 2. The Hall–Kier alpha value is -1.48. The van der Waals surface area contributed by atoms with E-state index in [-0.39, 0.29) is 6.61 Å². The average Bonchev–Trinajstić information content (AvgIpc) is 2.79. The van der Waals surface area contributed by atoms with E-state index >= 15 is 0 Å². The van der Waals surface area contributed by atoms with Crippen molar-refractivity contribution in [2.45, 2.75) is 61.6 Å². The van der Waals surface area contributed by atoms with Crippen molar-refractivity contribution in [3.05, 3.63) is 58.6 Å². The van der Waals surface area contributed by atoms with Crippen LogP contribution in [0.1, 0.15) is 37.3 Å². The predicted molar refractivity (Wildman–Crippen MR) is 127 cm³/mol. The Kier molecular flexibility index (Phi) is 9.52. The SMILES string of the molecule is CCCCCOc1ccc(Cc2cc(Cl)ccc2OC2SC(CO)C(O)C(O)C2O)cc1. The van der Waals surface area contributed by atoms with E-state index in [1.807, 2.05) is 24.3 Å². The first-order chi connectivity index (χ1) is 15.4. The van der Waals surface area contributed by atoms with Gasteiger partial charge in [-0.15, -0.1) is 11.8 Å². The summed E-state index contributed by atoms with van der Waals surface area (Å²) < 4.78 is 11.8. The number of aliphatic hydroxyl groups is 4. The quantitative estimate of drug-likeness (QED) is 0.385. The van der Waals surface area contributed by atoms with Crippen LogP contribution >= 0.6 is 23.4 Å². The third kappa shape index (κ3) is 6.53. The lowest BCUT2D eigenvalue weighted by Gasteiger charge is -2.39. The summed E-state index contributed by atoms with van der Waals surface area (Å²) in [7, 11) is 0. The third-order valence-electron chi connectivity index (χ3n) is 5.45. The molecule has 0 bridgehead atoms. The molecular weight excluding hydrogens is 452 g/mol. The first kappa shape index (κ1) is 25.1. The largest absolute Gasteiger partial charge is 0.494 e. The molecule has 2 aromatic carbocycles. The standard InChI is InChI=1S/C24H31ClO6S/c1-2-3-4-11-30-18-8-5-15(6-9-18)12-16-13-17(25)7-10-19(16)31-24-23(29)22(28)21(27)20(14-26)32-24/h5-10,13,20-24,26-29H,2-4,11-12,14H2,1H3. The number of hydrogen-bond donors (Lipinski definition) is 4. The second-order valence-corrected chi connectivity index (χ2v) is 9.72. The van der Waals surface area contributed by atoms with E-state index in [4.69, 9.17) is 21.1 Å². The highest BCUT2D eigenvalue weighted by atomic mass is 35.5. The lowest BCUT2D eigenvalue weighted by molar-refractivity contribution is -0.0910. The Balaban J connectivity index is 1.70. The maximum Gasteiger partial charge on any atom is 0.173 e. The monoisotopic (exact) mass is 482 g/mol. The molecule has 5 atom stereocenters. The number of halogens is 1. The van der Waals surface area contributed by atoms with Gasteiger partial charge in [-0.3, -0.25) is 0 Å². The van der Waals surface area contributed by atoms with Gasteiger partial charge in [-0.2, -0.15) is 0 Å². The minimum absolute atomic E-state index is 0.337. The topological polar surface area (TPSA) is 99.4 Å². The second-order valence-electron chi connectivity index (χ2n) is 7.94. The highest BCUT2D eigenvalue weighted by Crippen LogP contribution is 2.36. The molecule has 6 nitrogen and oxygen atoms in total. The summed E-state index contributed by atoms with van der Waals surface area (Å²) in [5.41, 5.74) is 1.02. The van der Waals surface area contributed by atoms with Crippen LogP contribution in [0.5, 0.6) is 11.5 Å². The fraction of sp³-hybridized carbons (Fsp3) is 0.500. The summed E-state index contributed by atoms with van der Waals surface area (Å²) in [5.74, 6) is 1.35. The number of aliphatic hydroxyl groups excluding tert-OH is 4. The van der Waals surface area contributed by atoms with E-state index in [0.717, 1.165) is 47.9 Å². The smallest absolute Gasteiger partial charge is 0.173 e. The number of hydrogen-bond acceptors (Lipinski definition) is 7. The van der Waals surface area contributed by atoms with Crippen molar-refractivity contribution >= 4 is 23.4 Å². The maximum absolute atomic E-state index is 10.4. The molecule has 0 saturated carbocycles. The van der Waals surface area contributed by atoms with Crippen LogP contribution < -0.4 is 9.47 Å². The van der Waals surface area contributed by atoms with Gasteiger partial charge >= 0.3 is 0 Å². The van der Waals surface area contributed by atoms with Crippen LogP contribution in [0.2, 0.25) is 5.02 Å². The molecule has 0 spiro atoms. The molecule has 0 amide bonds. The highest BCUT2D eigenvalue weighted by molar-refractivity contribution is 8.00. The van der Waals surface area contributed by atoms with Crippen LogP contribution in [-0.4, -0.2) is 62.6 Å². The first-order valence-electron chi connectivity index (χ1n) is 10.9.